The molecule has 0 aliphatic heterocycles. The van der Waals surface area contributed by atoms with Gasteiger partial charge in [-0.25, -0.2) is 4.79 Å². The van der Waals surface area contributed by atoms with E-state index < -0.39 is 11.6 Å². The molecular weight excluding hydrogens is 300 g/mol. The van der Waals surface area contributed by atoms with Gasteiger partial charge in [-0.1, -0.05) is 13.8 Å². The Morgan fingerprint density at radius 1 is 1.39 bits per heavy atom. The van der Waals surface area contributed by atoms with E-state index in [2.05, 4.69) is 15.9 Å². The van der Waals surface area contributed by atoms with Gasteiger partial charge in [-0.15, -0.1) is 0 Å². The van der Waals surface area contributed by atoms with Crippen LogP contribution in [-0.2, 0) is 0 Å². The van der Waals surface area contributed by atoms with Gasteiger partial charge < -0.3 is 14.9 Å². The molecule has 4 nitrogen and oxygen atoms in total. The number of benzene rings is 1. The second-order valence-electron chi connectivity index (χ2n) is 4.17. The van der Waals surface area contributed by atoms with Crippen molar-refractivity contribution in [3.63, 3.8) is 0 Å². The third-order valence-corrected chi connectivity index (χ3v) is 3.61. The van der Waals surface area contributed by atoms with Crippen LogP contribution in [0.2, 0.25) is 0 Å². The average Bonchev–Trinajstić information content (AvgIpc) is 2.36. The Kier molecular flexibility index (Phi) is 5.16. The van der Waals surface area contributed by atoms with E-state index in [0.717, 1.165) is 0 Å². The molecule has 0 aliphatic carbocycles. The van der Waals surface area contributed by atoms with Crippen molar-refractivity contribution in [1.29, 1.82) is 0 Å². The molecule has 1 aromatic rings. The molecule has 0 heterocycles. The van der Waals surface area contributed by atoms with Crippen LogP contribution in [0.25, 0.3) is 0 Å². The SMILES string of the molecule is CCC(O)(CC)COc1ccc(C(=O)O)cc1Br. The second-order valence-corrected chi connectivity index (χ2v) is 5.02. The number of aromatic carboxylic acids is 1. The Balaban J connectivity index is 2.77. The summed E-state index contributed by atoms with van der Waals surface area (Å²) in [7, 11) is 0. The number of hydrogen-bond donors (Lipinski definition) is 2. The lowest BCUT2D eigenvalue weighted by Crippen LogP contribution is -2.34. The molecule has 0 amide bonds. The molecule has 0 saturated heterocycles. The minimum absolute atomic E-state index is 0.186. The minimum atomic E-state index is -0.985. The first-order valence-electron chi connectivity index (χ1n) is 5.80. The molecule has 0 atom stereocenters. The number of rotatable bonds is 6. The van der Waals surface area contributed by atoms with Crippen molar-refractivity contribution in [3.8, 4) is 5.75 Å². The van der Waals surface area contributed by atoms with Crippen molar-refractivity contribution >= 4 is 21.9 Å². The number of ether oxygens (including phenoxy) is 1. The first-order chi connectivity index (χ1) is 8.41. The Bertz CT molecular complexity index is 427. The minimum Gasteiger partial charge on any atom is -0.489 e. The smallest absolute Gasteiger partial charge is 0.335 e. The van der Waals surface area contributed by atoms with Gasteiger partial charge in [-0.2, -0.15) is 0 Å². The fourth-order valence-electron chi connectivity index (χ4n) is 1.42. The van der Waals surface area contributed by atoms with Gasteiger partial charge in [0.25, 0.3) is 0 Å². The van der Waals surface area contributed by atoms with Gasteiger partial charge in [-0.3, -0.25) is 0 Å². The summed E-state index contributed by atoms with van der Waals surface area (Å²) in [5.74, 6) is -0.457. The van der Waals surface area contributed by atoms with Crippen molar-refractivity contribution in [3.05, 3.63) is 28.2 Å². The zero-order valence-corrected chi connectivity index (χ0v) is 12.0. The summed E-state index contributed by atoms with van der Waals surface area (Å²) in [6.07, 6.45) is 1.21. The molecular formula is C13H17BrO4. The summed E-state index contributed by atoms with van der Waals surface area (Å²) >= 11 is 3.26. The molecule has 5 heteroatoms. The summed E-state index contributed by atoms with van der Waals surface area (Å²) in [4.78, 5) is 10.8. The van der Waals surface area contributed by atoms with E-state index in [4.69, 9.17) is 9.84 Å². The van der Waals surface area contributed by atoms with Crippen molar-refractivity contribution < 1.29 is 19.7 Å². The fraction of sp³-hybridized carbons (Fsp3) is 0.462. The number of halogens is 1. The third kappa shape index (κ3) is 3.71. The molecule has 2 N–H and O–H groups in total. The Morgan fingerprint density at radius 2 is 2.00 bits per heavy atom. The highest BCUT2D eigenvalue weighted by Gasteiger charge is 2.23. The van der Waals surface area contributed by atoms with Gasteiger partial charge in [0, 0.05) is 0 Å². The van der Waals surface area contributed by atoms with E-state index in [1.54, 1.807) is 6.07 Å². The topological polar surface area (TPSA) is 66.8 Å². The zero-order valence-electron chi connectivity index (χ0n) is 10.4. The van der Waals surface area contributed by atoms with Crippen LogP contribution in [-0.4, -0.2) is 28.4 Å². The second kappa shape index (κ2) is 6.20. The standard InChI is InChI=1S/C13H17BrO4/c1-3-13(17,4-2)8-18-11-6-5-9(12(15)16)7-10(11)14/h5-7,17H,3-4,8H2,1-2H3,(H,15,16). The summed E-state index contributed by atoms with van der Waals surface area (Å²) in [6, 6.07) is 4.53. The maximum absolute atomic E-state index is 10.8. The first kappa shape index (κ1) is 15.0. The fourth-order valence-corrected chi connectivity index (χ4v) is 1.91. The van der Waals surface area contributed by atoms with Crippen LogP contribution in [0.15, 0.2) is 22.7 Å². The maximum Gasteiger partial charge on any atom is 0.335 e. The third-order valence-electron chi connectivity index (χ3n) is 2.99. The van der Waals surface area contributed by atoms with E-state index >= 15 is 0 Å². The van der Waals surface area contributed by atoms with Gasteiger partial charge in [0.05, 0.1) is 15.6 Å². The molecule has 1 aromatic carbocycles. The normalized spacial score (nSPS) is 11.3. The Labute approximate surface area is 115 Å². The van der Waals surface area contributed by atoms with Gasteiger partial charge in [0.2, 0.25) is 0 Å². The van der Waals surface area contributed by atoms with E-state index in [9.17, 15) is 9.90 Å². The van der Waals surface area contributed by atoms with Crippen LogP contribution >= 0.6 is 15.9 Å². The number of aliphatic hydroxyl groups is 1. The largest absolute Gasteiger partial charge is 0.489 e. The Morgan fingerprint density at radius 3 is 2.44 bits per heavy atom. The highest BCUT2D eigenvalue weighted by atomic mass is 79.9. The number of hydrogen-bond acceptors (Lipinski definition) is 3. The van der Waals surface area contributed by atoms with Gasteiger partial charge in [0.15, 0.2) is 0 Å². The van der Waals surface area contributed by atoms with Crippen LogP contribution in [0.4, 0.5) is 0 Å². The van der Waals surface area contributed by atoms with Crippen LogP contribution < -0.4 is 4.74 Å². The predicted octanol–water partition coefficient (Wildman–Crippen LogP) is 3.08. The number of carbonyl (C=O) groups is 1. The molecule has 18 heavy (non-hydrogen) atoms. The van der Waals surface area contributed by atoms with Crippen LogP contribution in [0, 0.1) is 0 Å². The summed E-state index contributed by atoms with van der Waals surface area (Å²) < 4.78 is 6.10. The molecule has 0 unspecified atom stereocenters. The molecule has 0 bridgehead atoms. The average molecular weight is 317 g/mol. The maximum atomic E-state index is 10.8. The number of carboxylic acids is 1. The van der Waals surface area contributed by atoms with Crippen LogP contribution in [0.5, 0.6) is 5.75 Å². The van der Waals surface area contributed by atoms with Gasteiger partial charge >= 0.3 is 5.97 Å². The summed E-state index contributed by atoms with van der Waals surface area (Å²) in [5, 5.41) is 18.9. The zero-order chi connectivity index (χ0) is 13.8. The van der Waals surface area contributed by atoms with Gasteiger partial charge in [-0.05, 0) is 47.0 Å². The lowest BCUT2D eigenvalue weighted by molar-refractivity contribution is -0.0115. The lowest BCUT2D eigenvalue weighted by atomic mass is 9.99. The van der Waals surface area contributed by atoms with Crippen molar-refractivity contribution in [2.24, 2.45) is 0 Å². The van der Waals surface area contributed by atoms with E-state index in [1.165, 1.54) is 12.1 Å². The van der Waals surface area contributed by atoms with E-state index in [1.807, 2.05) is 13.8 Å². The van der Waals surface area contributed by atoms with Crippen LogP contribution in [0.3, 0.4) is 0 Å². The molecule has 0 aliphatic rings. The molecule has 0 spiro atoms. The molecule has 100 valence electrons. The van der Waals surface area contributed by atoms with Gasteiger partial charge in [0.1, 0.15) is 12.4 Å². The molecule has 0 aromatic heterocycles. The van der Waals surface area contributed by atoms with Crippen molar-refractivity contribution in [2.45, 2.75) is 32.3 Å². The Hall–Kier alpha value is -1.07. The monoisotopic (exact) mass is 316 g/mol. The van der Waals surface area contributed by atoms with E-state index in [0.29, 0.717) is 23.1 Å². The first-order valence-corrected chi connectivity index (χ1v) is 6.59. The quantitative estimate of drug-likeness (QED) is 0.846. The highest BCUT2D eigenvalue weighted by Crippen LogP contribution is 2.27. The summed E-state index contributed by atoms with van der Waals surface area (Å²) in [5.41, 5.74) is -0.652. The lowest BCUT2D eigenvalue weighted by Gasteiger charge is -2.25. The molecule has 0 radical (unpaired) electrons. The van der Waals surface area contributed by atoms with Crippen molar-refractivity contribution in [2.75, 3.05) is 6.61 Å². The predicted molar refractivity (Wildman–Crippen MR) is 72.1 cm³/mol. The molecule has 1 rings (SSSR count). The van der Waals surface area contributed by atoms with Crippen molar-refractivity contribution in [1.82, 2.24) is 0 Å². The highest BCUT2D eigenvalue weighted by molar-refractivity contribution is 9.10. The van der Waals surface area contributed by atoms with Crippen LogP contribution in [0.1, 0.15) is 37.0 Å². The van der Waals surface area contributed by atoms with E-state index in [-0.39, 0.29) is 12.2 Å². The summed E-state index contributed by atoms with van der Waals surface area (Å²) in [6.45, 7) is 3.98. The number of carboxylic acid groups (broad SMARTS) is 1. The molecule has 0 saturated carbocycles. The molecule has 0 fully saturated rings.